The normalized spacial score (nSPS) is 10.4. The number of carboxylic acids is 1. The highest BCUT2D eigenvalue weighted by Crippen LogP contribution is 2.21. The van der Waals surface area contributed by atoms with E-state index in [1.807, 2.05) is 19.0 Å². The van der Waals surface area contributed by atoms with Gasteiger partial charge in [0.15, 0.2) is 0 Å². The minimum atomic E-state index is -1.39. The zero-order chi connectivity index (χ0) is 13.7. The second kappa shape index (κ2) is 5.92. The molecule has 1 rings (SSSR count). The zero-order valence-electron chi connectivity index (χ0n) is 9.99. The number of nitro groups is 1. The van der Waals surface area contributed by atoms with Crippen molar-refractivity contribution in [2.45, 2.75) is 0 Å². The molecule has 1 aromatic rings. The fourth-order valence-corrected chi connectivity index (χ4v) is 1.16. The Bertz CT molecular complexity index is 461. The van der Waals surface area contributed by atoms with Gasteiger partial charge in [0.1, 0.15) is 18.4 Å². The summed E-state index contributed by atoms with van der Waals surface area (Å²) in [5, 5.41) is 19.5. The first-order chi connectivity index (χ1) is 8.41. The van der Waals surface area contributed by atoms with Crippen LogP contribution >= 0.6 is 0 Å². The number of hydrogen-bond acceptors (Lipinski definition) is 6. The average molecular weight is 255 g/mol. The third-order valence-electron chi connectivity index (χ3n) is 2.07. The van der Waals surface area contributed by atoms with Gasteiger partial charge >= 0.3 is 11.7 Å². The zero-order valence-corrected chi connectivity index (χ0v) is 9.99. The van der Waals surface area contributed by atoms with Crippen LogP contribution in [0.2, 0.25) is 0 Å². The monoisotopic (exact) mass is 255 g/mol. The third kappa shape index (κ3) is 3.67. The highest BCUT2D eigenvalue weighted by atomic mass is 16.6. The van der Waals surface area contributed by atoms with Crippen LogP contribution in [-0.4, -0.2) is 53.1 Å². The Morgan fingerprint density at radius 2 is 2.28 bits per heavy atom. The quantitative estimate of drug-likeness (QED) is 0.586. The lowest BCUT2D eigenvalue weighted by Crippen LogP contribution is -2.19. The summed E-state index contributed by atoms with van der Waals surface area (Å²) in [5.74, 6) is -1.33. The summed E-state index contributed by atoms with van der Waals surface area (Å²) >= 11 is 0. The minimum Gasteiger partial charge on any atom is -0.477 e. The van der Waals surface area contributed by atoms with Crippen molar-refractivity contribution in [1.82, 2.24) is 9.88 Å². The predicted molar refractivity (Wildman–Crippen MR) is 61.9 cm³/mol. The number of aromatic carboxylic acids is 1. The summed E-state index contributed by atoms with van der Waals surface area (Å²) in [4.78, 5) is 26.2. The maximum absolute atomic E-state index is 10.9. The molecule has 0 bridgehead atoms. The molecule has 1 aromatic heterocycles. The standard InChI is InChI=1S/C10H13N3O5/c1-12(2)3-4-18-9-5-7(10(14)15)8(6-11-9)13(16)17/h5-6H,3-4H2,1-2H3,(H,14,15). The van der Waals surface area contributed by atoms with E-state index in [9.17, 15) is 14.9 Å². The number of hydrogen-bond donors (Lipinski definition) is 1. The Kier molecular flexibility index (Phi) is 4.55. The Labute approximate surface area is 103 Å². The van der Waals surface area contributed by atoms with Crippen LogP contribution in [0.3, 0.4) is 0 Å². The molecule has 1 heterocycles. The molecule has 8 nitrogen and oxygen atoms in total. The van der Waals surface area contributed by atoms with Crippen molar-refractivity contribution in [2.75, 3.05) is 27.2 Å². The molecule has 0 amide bonds. The van der Waals surface area contributed by atoms with Crippen molar-refractivity contribution in [3.63, 3.8) is 0 Å². The lowest BCUT2D eigenvalue weighted by molar-refractivity contribution is -0.385. The number of rotatable bonds is 6. The molecule has 8 heteroatoms. The summed E-state index contributed by atoms with van der Waals surface area (Å²) in [5.41, 5.74) is -0.989. The first-order valence-corrected chi connectivity index (χ1v) is 5.07. The third-order valence-corrected chi connectivity index (χ3v) is 2.07. The molecule has 0 aliphatic heterocycles. The Morgan fingerprint density at radius 1 is 1.61 bits per heavy atom. The molecule has 0 unspecified atom stereocenters. The first-order valence-electron chi connectivity index (χ1n) is 5.07. The highest BCUT2D eigenvalue weighted by molar-refractivity contribution is 5.92. The molecule has 0 spiro atoms. The Balaban J connectivity index is 2.87. The largest absolute Gasteiger partial charge is 0.477 e. The van der Waals surface area contributed by atoms with Crippen LogP contribution < -0.4 is 4.74 Å². The van der Waals surface area contributed by atoms with E-state index in [0.29, 0.717) is 13.2 Å². The number of carboxylic acid groups (broad SMARTS) is 1. The molecule has 0 radical (unpaired) electrons. The van der Waals surface area contributed by atoms with E-state index < -0.39 is 22.1 Å². The van der Waals surface area contributed by atoms with Crippen LogP contribution in [0, 0.1) is 10.1 Å². The van der Waals surface area contributed by atoms with E-state index in [1.165, 1.54) is 0 Å². The molecule has 0 aromatic carbocycles. The molecule has 0 aliphatic rings. The lowest BCUT2D eigenvalue weighted by atomic mass is 10.2. The maximum Gasteiger partial charge on any atom is 0.342 e. The van der Waals surface area contributed by atoms with E-state index >= 15 is 0 Å². The van der Waals surface area contributed by atoms with Gasteiger partial charge in [-0.3, -0.25) is 10.1 Å². The van der Waals surface area contributed by atoms with Gasteiger partial charge in [0.25, 0.3) is 0 Å². The molecule has 0 atom stereocenters. The van der Waals surface area contributed by atoms with Crippen molar-refractivity contribution >= 4 is 11.7 Å². The van der Waals surface area contributed by atoms with Gasteiger partial charge in [0, 0.05) is 12.6 Å². The molecule has 0 aliphatic carbocycles. The Hall–Kier alpha value is -2.22. The van der Waals surface area contributed by atoms with Gasteiger partial charge < -0.3 is 14.7 Å². The summed E-state index contributed by atoms with van der Waals surface area (Å²) in [6.45, 7) is 0.942. The van der Waals surface area contributed by atoms with Gasteiger partial charge in [0.05, 0.1) is 4.92 Å². The molecule has 0 saturated carbocycles. The van der Waals surface area contributed by atoms with Crippen molar-refractivity contribution in [1.29, 1.82) is 0 Å². The second-order valence-corrected chi connectivity index (χ2v) is 3.75. The number of pyridine rings is 1. The number of ether oxygens (including phenoxy) is 1. The van der Waals surface area contributed by atoms with E-state index in [0.717, 1.165) is 12.3 Å². The van der Waals surface area contributed by atoms with E-state index in [2.05, 4.69) is 4.98 Å². The summed E-state index contributed by atoms with van der Waals surface area (Å²) in [6, 6.07) is 1.05. The van der Waals surface area contributed by atoms with Crippen molar-refractivity contribution < 1.29 is 19.6 Å². The Morgan fingerprint density at radius 3 is 2.78 bits per heavy atom. The van der Waals surface area contributed by atoms with Gasteiger partial charge in [-0.05, 0) is 14.1 Å². The van der Waals surface area contributed by atoms with Crippen LogP contribution in [0.1, 0.15) is 10.4 Å². The molecule has 18 heavy (non-hydrogen) atoms. The molecule has 98 valence electrons. The second-order valence-electron chi connectivity index (χ2n) is 3.75. The van der Waals surface area contributed by atoms with Gasteiger partial charge in [-0.25, -0.2) is 9.78 Å². The molecule has 1 N–H and O–H groups in total. The van der Waals surface area contributed by atoms with Crippen molar-refractivity contribution in [3.05, 3.63) is 27.9 Å². The first kappa shape index (κ1) is 13.8. The van der Waals surface area contributed by atoms with Crippen LogP contribution in [-0.2, 0) is 0 Å². The van der Waals surface area contributed by atoms with Gasteiger partial charge in [-0.1, -0.05) is 0 Å². The number of aromatic nitrogens is 1. The van der Waals surface area contributed by atoms with Crippen LogP contribution in [0.5, 0.6) is 5.88 Å². The summed E-state index contributed by atoms with van der Waals surface area (Å²) in [7, 11) is 3.71. The number of carbonyl (C=O) groups is 1. The lowest BCUT2D eigenvalue weighted by Gasteiger charge is -2.10. The maximum atomic E-state index is 10.9. The van der Waals surface area contributed by atoms with Crippen molar-refractivity contribution in [3.8, 4) is 5.88 Å². The van der Waals surface area contributed by atoms with E-state index in [1.54, 1.807) is 0 Å². The highest BCUT2D eigenvalue weighted by Gasteiger charge is 2.21. The molecule has 0 fully saturated rings. The fraction of sp³-hybridized carbons (Fsp3) is 0.400. The number of nitrogens with zero attached hydrogens (tertiary/aromatic N) is 3. The van der Waals surface area contributed by atoms with Crippen LogP contribution in [0.15, 0.2) is 12.3 Å². The SMILES string of the molecule is CN(C)CCOc1cc(C(=O)O)c([N+](=O)[O-])cn1. The topological polar surface area (TPSA) is 106 Å². The molecule has 0 saturated heterocycles. The van der Waals surface area contributed by atoms with Crippen molar-refractivity contribution in [2.24, 2.45) is 0 Å². The van der Waals surface area contributed by atoms with Crippen LogP contribution in [0.4, 0.5) is 5.69 Å². The minimum absolute atomic E-state index is 0.0554. The molecular weight excluding hydrogens is 242 g/mol. The average Bonchev–Trinajstić information content (AvgIpc) is 2.28. The van der Waals surface area contributed by atoms with Gasteiger partial charge in [0.2, 0.25) is 5.88 Å². The predicted octanol–water partition coefficient (Wildman–Crippen LogP) is 0.628. The van der Waals surface area contributed by atoms with Gasteiger partial charge in [-0.2, -0.15) is 0 Å². The van der Waals surface area contributed by atoms with Gasteiger partial charge in [-0.15, -0.1) is 0 Å². The number of likely N-dealkylation sites (N-methyl/N-ethyl adjacent to an activating group) is 1. The fourth-order valence-electron chi connectivity index (χ4n) is 1.16. The van der Waals surface area contributed by atoms with E-state index in [4.69, 9.17) is 9.84 Å². The molecular formula is C10H13N3O5. The summed E-state index contributed by atoms with van der Waals surface area (Å²) < 4.78 is 5.20. The van der Waals surface area contributed by atoms with E-state index in [-0.39, 0.29) is 5.88 Å². The smallest absolute Gasteiger partial charge is 0.342 e. The summed E-state index contributed by atoms with van der Waals surface area (Å²) in [6.07, 6.45) is 0.883. The van der Waals surface area contributed by atoms with Crippen LogP contribution in [0.25, 0.3) is 0 Å².